The molecule has 0 bridgehead atoms. The van der Waals surface area contributed by atoms with E-state index in [0.29, 0.717) is 0 Å². The highest BCUT2D eigenvalue weighted by Gasteiger charge is 2.08. The highest BCUT2D eigenvalue weighted by Crippen LogP contribution is 2.24. The highest BCUT2D eigenvalue weighted by atomic mass is 14.9. The maximum absolute atomic E-state index is 3.21. The number of fused-ring (bicyclic) bond motifs is 1. The van der Waals surface area contributed by atoms with Crippen LogP contribution in [0.3, 0.4) is 0 Å². The van der Waals surface area contributed by atoms with Gasteiger partial charge in [-0.25, -0.2) is 0 Å². The Morgan fingerprint density at radius 2 is 2.07 bits per heavy atom. The van der Waals surface area contributed by atoms with Crippen molar-refractivity contribution >= 4 is 10.9 Å². The lowest BCUT2D eigenvalue weighted by molar-refractivity contribution is 0.815. The van der Waals surface area contributed by atoms with Crippen LogP contribution in [0, 0.1) is 0 Å². The zero-order valence-electron chi connectivity index (χ0n) is 9.67. The number of hydrogen-bond donors (Lipinski definition) is 1. The topological polar surface area (TPSA) is 17.0 Å². The van der Waals surface area contributed by atoms with Crippen LogP contribution in [-0.4, -0.2) is 11.6 Å². The van der Waals surface area contributed by atoms with Crippen molar-refractivity contribution < 1.29 is 0 Å². The Morgan fingerprint density at radius 1 is 1.27 bits per heavy atom. The van der Waals surface area contributed by atoms with Gasteiger partial charge >= 0.3 is 0 Å². The molecule has 1 aromatic heterocycles. The molecule has 0 fully saturated rings. The molecule has 0 unspecified atom stereocenters. The molecule has 80 valence electrons. The quantitative estimate of drug-likeness (QED) is 0.809. The Bertz CT molecular complexity index is 469. The van der Waals surface area contributed by atoms with Crippen LogP contribution in [0.1, 0.15) is 18.1 Å². The summed E-state index contributed by atoms with van der Waals surface area (Å²) in [6.07, 6.45) is 3.31. The molecule has 0 aliphatic carbocycles. The number of aryl methyl sites for hydroxylation is 2. The number of nitrogens with one attached hydrogen (secondary N) is 1. The van der Waals surface area contributed by atoms with Gasteiger partial charge in [0.05, 0.1) is 5.52 Å². The summed E-state index contributed by atoms with van der Waals surface area (Å²) in [6, 6.07) is 6.58. The van der Waals surface area contributed by atoms with Crippen molar-refractivity contribution in [1.82, 2.24) is 9.88 Å². The minimum Gasteiger partial charge on any atom is -0.350 e. The molecule has 0 atom stereocenters. The van der Waals surface area contributed by atoms with Gasteiger partial charge in [0.2, 0.25) is 0 Å². The van der Waals surface area contributed by atoms with E-state index >= 15 is 0 Å². The van der Waals surface area contributed by atoms with Gasteiger partial charge in [0.25, 0.3) is 0 Å². The van der Waals surface area contributed by atoms with Gasteiger partial charge < -0.3 is 9.88 Å². The van der Waals surface area contributed by atoms with Gasteiger partial charge in [-0.15, -0.1) is 0 Å². The summed E-state index contributed by atoms with van der Waals surface area (Å²) in [5.74, 6) is 0. The first-order valence-corrected chi connectivity index (χ1v) is 5.48. The predicted molar refractivity (Wildman–Crippen MR) is 65.1 cm³/mol. The number of benzene rings is 1. The summed E-state index contributed by atoms with van der Waals surface area (Å²) in [5.41, 5.74) is 4.19. The Kier molecular flexibility index (Phi) is 2.78. The van der Waals surface area contributed by atoms with Crippen molar-refractivity contribution in [2.45, 2.75) is 19.9 Å². The van der Waals surface area contributed by atoms with E-state index in [1.54, 1.807) is 0 Å². The molecule has 2 rings (SSSR count). The lowest BCUT2D eigenvalue weighted by Crippen LogP contribution is -2.04. The van der Waals surface area contributed by atoms with E-state index in [-0.39, 0.29) is 0 Å². The minimum absolute atomic E-state index is 0.935. The number of hydrogen-bond acceptors (Lipinski definition) is 1. The third kappa shape index (κ3) is 1.65. The molecule has 0 amide bonds. The molecule has 0 saturated carbocycles. The zero-order valence-corrected chi connectivity index (χ0v) is 9.67. The number of rotatable bonds is 3. The molecule has 1 aromatic carbocycles. The molecular formula is C13H18N2. The summed E-state index contributed by atoms with van der Waals surface area (Å²) < 4.78 is 2.24. The van der Waals surface area contributed by atoms with Gasteiger partial charge in [-0.05, 0) is 24.6 Å². The average Bonchev–Trinajstić information content (AvgIpc) is 2.57. The molecule has 1 N–H and O–H groups in total. The van der Waals surface area contributed by atoms with Gasteiger partial charge in [-0.3, -0.25) is 0 Å². The second-order valence-corrected chi connectivity index (χ2v) is 3.96. The average molecular weight is 202 g/mol. The Morgan fingerprint density at radius 3 is 2.73 bits per heavy atom. The third-order valence-corrected chi connectivity index (χ3v) is 2.92. The first kappa shape index (κ1) is 10.2. The summed E-state index contributed by atoms with van der Waals surface area (Å²) in [4.78, 5) is 0. The second kappa shape index (κ2) is 4.07. The van der Waals surface area contributed by atoms with Crippen molar-refractivity contribution in [3.8, 4) is 0 Å². The molecule has 0 saturated heterocycles. The van der Waals surface area contributed by atoms with E-state index in [4.69, 9.17) is 0 Å². The first-order chi connectivity index (χ1) is 7.27. The largest absolute Gasteiger partial charge is 0.350 e. The highest BCUT2D eigenvalue weighted by molar-refractivity contribution is 5.86. The van der Waals surface area contributed by atoms with E-state index in [1.807, 2.05) is 7.05 Å². The summed E-state index contributed by atoms with van der Waals surface area (Å²) in [5, 5.41) is 4.59. The number of aromatic nitrogens is 1. The van der Waals surface area contributed by atoms with Crippen LogP contribution in [0.5, 0.6) is 0 Å². The summed E-state index contributed by atoms with van der Waals surface area (Å²) in [7, 11) is 4.11. The molecule has 2 nitrogen and oxygen atoms in total. The van der Waals surface area contributed by atoms with E-state index in [0.717, 1.165) is 13.0 Å². The third-order valence-electron chi connectivity index (χ3n) is 2.92. The lowest BCUT2D eigenvalue weighted by atomic mass is 10.1. The van der Waals surface area contributed by atoms with Crippen molar-refractivity contribution in [2.75, 3.05) is 7.05 Å². The molecule has 0 aliphatic heterocycles. The predicted octanol–water partition coefficient (Wildman–Crippen LogP) is 2.46. The van der Waals surface area contributed by atoms with Crippen LogP contribution in [0.2, 0.25) is 0 Å². The fourth-order valence-electron chi connectivity index (χ4n) is 2.25. The first-order valence-electron chi connectivity index (χ1n) is 5.48. The smallest absolute Gasteiger partial charge is 0.0513 e. The van der Waals surface area contributed by atoms with E-state index < -0.39 is 0 Å². The van der Waals surface area contributed by atoms with Crippen LogP contribution in [-0.2, 0) is 20.0 Å². The van der Waals surface area contributed by atoms with Crippen molar-refractivity contribution in [3.05, 3.63) is 35.5 Å². The Balaban J connectivity index is 2.68. The van der Waals surface area contributed by atoms with Crippen molar-refractivity contribution in [1.29, 1.82) is 0 Å². The van der Waals surface area contributed by atoms with Crippen LogP contribution >= 0.6 is 0 Å². The molecule has 0 radical (unpaired) electrons. The van der Waals surface area contributed by atoms with Gasteiger partial charge in [0.1, 0.15) is 0 Å². The Labute approximate surface area is 90.9 Å². The van der Waals surface area contributed by atoms with Gasteiger partial charge in [0.15, 0.2) is 0 Å². The zero-order chi connectivity index (χ0) is 10.8. The SMILES string of the molecule is CCc1cccc2c(CNC)cn(C)c12. The Hall–Kier alpha value is -1.28. The molecule has 15 heavy (non-hydrogen) atoms. The van der Waals surface area contributed by atoms with Gasteiger partial charge in [-0.1, -0.05) is 25.1 Å². The molecule has 2 heteroatoms. The normalized spacial score (nSPS) is 11.1. The molecule has 1 heterocycles. The van der Waals surface area contributed by atoms with E-state index in [2.05, 4.69) is 48.3 Å². The minimum atomic E-state index is 0.935. The van der Waals surface area contributed by atoms with E-state index in [1.165, 1.54) is 22.0 Å². The second-order valence-electron chi connectivity index (χ2n) is 3.96. The molecule has 2 aromatic rings. The standard InChI is InChI=1S/C13H18N2/c1-4-10-6-5-7-12-11(8-14-2)9-15(3)13(10)12/h5-7,9,14H,4,8H2,1-3H3. The van der Waals surface area contributed by atoms with Gasteiger partial charge in [-0.2, -0.15) is 0 Å². The van der Waals surface area contributed by atoms with Crippen molar-refractivity contribution in [2.24, 2.45) is 7.05 Å². The van der Waals surface area contributed by atoms with Crippen LogP contribution in [0.4, 0.5) is 0 Å². The van der Waals surface area contributed by atoms with Crippen LogP contribution in [0.25, 0.3) is 10.9 Å². The maximum atomic E-state index is 3.21. The van der Waals surface area contributed by atoms with Crippen LogP contribution < -0.4 is 5.32 Å². The monoisotopic (exact) mass is 202 g/mol. The summed E-state index contributed by atoms with van der Waals surface area (Å²) >= 11 is 0. The molecular weight excluding hydrogens is 184 g/mol. The fraction of sp³-hybridized carbons (Fsp3) is 0.385. The fourth-order valence-corrected chi connectivity index (χ4v) is 2.25. The molecule has 0 aliphatic rings. The molecule has 0 spiro atoms. The van der Waals surface area contributed by atoms with Crippen molar-refractivity contribution in [3.63, 3.8) is 0 Å². The lowest BCUT2D eigenvalue weighted by Gasteiger charge is -2.03. The van der Waals surface area contributed by atoms with E-state index in [9.17, 15) is 0 Å². The summed E-state index contributed by atoms with van der Waals surface area (Å²) in [6.45, 7) is 3.14. The van der Waals surface area contributed by atoms with Crippen LogP contribution in [0.15, 0.2) is 24.4 Å². The number of para-hydroxylation sites is 1. The maximum Gasteiger partial charge on any atom is 0.0513 e. The van der Waals surface area contributed by atoms with Gasteiger partial charge in [0, 0.05) is 25.2 Å². The number of nitrogens with zero attached hydrogens (tertiary/aromatic N) is 1.